The van der Waals surface area contributed by atoms with Gasteiger partial charge in [0.1, 0.15) is 5.82 Å². The van der Waals surface area contributed by atoms with E-state index in [0.29, 0.717) is 0 Å². The molecule has 0 aliphatic rings. The van der Waals surface area contributed by atoms with Crippen molar-refractivity contribution in [3.63, 3.8) is 0 Å². The fourth-order valence-corrected chi connectivity index (χ4v) is 3.06. The van der Waals surface area contributed by atoms with Gasteiger partial charge >= 0.3 is 0 Å². The van der Waals surface area contributed by atoms with Crippen molar-refractivity contribution in [2.45, 2.75) is 19.4 Å². The number of nitrogens with two attached hydrogens (primary N) is 1. The SMILES string of the molecule is CCc1ccc(-c2cnc(C(N)c3ccccc3)[nH]2)s1. The number of thiophene rings is 1. The molecule has 3 rings (SSSR count). The maximum absolute atomic E-state index is 6.25. The van der Waals surface area contributed by atoms with E-state index in [1.807, 2.05) is 36.5 Å². The molecular formula is C16H17N3S. The summed E-state index contributed by atoms with van der Waals surface area (Å²) in [4.78, 5) is 10.4. The van der Waals surface area contributed by atoms with E-state index in [1.165, 1.54) is 9.75 Å². The molecule has 1 unspecified atom stereocenters. The standard InChI is InChI=1S/C16H17N3S/c1-2-12-8-9-14(20-12)13-10-18-16(19-13)15(17)11-6-4-3-5-7-11/h3-10,15H,2,17H2,1H3,(H,18,19). The molecular weight excluding hydrogens is 266 g/mol. The average molecular weight is 283 g/mol. The summed E-state index contributed by atoms with van der Waals surface area (Å²) in [6.45, 7) is 2.17. The smallest absolute Gasteiger partial charge is 0.128 e. The Hall–Kier alpha value is -1.91. The van der Waals surface area contributed by atoms with Crippen LogP contribution >= 0.6 is 11.3 Å². The lowest BCUT2D eigenvalue weighted by Gasteiger charge is -2.08. The quantitative estimate of drug-likeness (QED) is 0.766. The van der Waals surface area contributed by atoms with E-state index in [2.05, 4.69) is 29.0 Å². The molecule has 2 aromatic heterocycles. The summed E-state index contributed by atoms with van der Waals surface area (Å²) < 4.78 is 0. The Morgan fingerprint density at radius 2 is 2.00 bits per heavy atom. The van der Waals surface area contributed by atoms with Crippen molar-refractivity contribution >= 4 is 11.3 Å². The van der Waals surface area contributed by atoms with Gasteiger partial charge in [0.2, 0.25) is 0 Å². The summed E-state index contributed by atoms with van der Waals surface area (Å²) in [7, 11) is 0. The number of hydrogen-bond donors (Lipinski definition) is 2. The third-order valence-corrected chi connectivity index (χ3v) is 4.59. The fraction of sp³-hybridized carbons (Fsp3) is 0.188. The zero-order valence-corrected chi connectivity index (χ0v) is 12.2. The molecule has 0 saturated carbocycles. The molecule has 102 valence electrons. The van der Waals surface area contributed by atoms with Crippen molar-refractivity contribution in [3.8, 4) is 10.6 Å². The van der Waals surface area contributed by atoms with Gasteiger partial charge in [-0.05, 0) is 24.1 Å². The zero-order chi connectivity index (χ0) is 13.9. The Morgan fingerprint density at radius 3 is 2.70 bits per heavy atom. The molecule has 0 amide bonds. The van der Waals surface area contributed by atoms with Crippen LogP contribution in [0, 0.1) is 0 Å². The van der Waals surface area contributed by atoms with Crippen LogP contribution in [0.1, 0.15) is 29.2 Å². The van der Waals surface area contributed by atoms with Gasteiger partial charge in [0.25, 0.3) is 0 Å². The van der Waals surface area contributed by atoms with Crippen LogP contribution in [0.15, 0.2) is 48.7 Å². The third-order valence-electron chi connectivity index (χ3n) is 3.32. The molecule has 0 spiro atoms. The third kappa shape index (κ3) is 2.53. The summed E-state index contributed by atoms with van der Waals surface area (Å²) in [5.41, 5.74) is 8.35. The number of aromatic amines is 1. The molecule has 3 aromatic rings. The van der Waals surface area contributed by atoms with Crippen LogP contribution in [0.5, 0.6) is 0 Å². The van der Waals surface area contributed by atoms with E-state index < -0.39 is 0 Å². The molecule has 20 heavy (non-hydrogen) atoms. The van der Waals surface area contributed by atoms with E-state index in [1.54, 1.807) is 11.3 Å². The van der Waals surface area contributed by atoms with Gasteiger partial charge in [0.05, 0.1) is 22.8 Å². The Kier molecular flexibility index (Phi) is 3.67. The number of nitrogens with one attached hydrogen (secondary N) is 1. The number of aromatic nitrogens is 2. The average Bonchev–Trinajstić information content (AvgIpc) is 3.16. The largest absolute Gasteiger partial charge is 0.340 e. The van der Waals surface area contributed by atoms with Gasteiger partial charge in [0.15, 0.2) is 0 Å². The predicted molar refractivity (Wildman–Crippen MR) is 83.8 cm³/mol. The van der Waals surface area contributed by atoms with Gasteiger partial charge < -0.3 is 10.7 Å². The maximum atomic E-state index is 6.25. The van der Waals surface area contributed by atoms with Crippen molar-refractivity contribution in [3.05, 3.63) is 64.9 Å². The van der Waals surface area contributed by atoms with Gasteiger partial charge in [-0.15, -0.1) is 11.3 Å². The van der Waals surface area contributed by atoms with Gasteiger partial charge in [-0.1, -0.05) is 37.3 Å². The Morgan fingerprint density at radius 1 is 1.20 bits per heavy atom. The van der Waals surface area contributed by atoms with E-state index in [0.717, 1.165) is 23.5 Å². The van der Waals surface area contributed by atoms with E-state index in [9.17, 15) is 0 Å². The van der Waals surface area contributed by atoms with Crippen LogP contribution in [0.25, 0.3) is 10.6 Å². The molecule has 3 nitrogen and oxygen atoms in total. The first-order valence-corrected chi connectivity index (χ1v) is 7.54. The molecule has 0 saturated heterocycles. The van der Waals surface area contributed by atoms with Crippen molar-refractivity contribution in [1.82, 2.24) is 9.97 Å². The Balaban J connectivity index is 1.86. The summed E-state index contributed by atoms with van der Waals surface area (Å²) in [6.07, 6.45) is 2.93. The number of imidazole rings is 1. The van der Waals surface area contributed by atoms with Crippen molar-refractivity contribution in [2.75, 3.05) is 0 Å². The minimum absolute atomic E-state index is 0.212. The van der Waals surface area contributed by atoms with Gasteiger partial charge in [-0.3, -0.25) is 0 Å². The van der Waals surface area contributed by atoms with Crippen LogP contribution in [0.2, 0.25) is 0 Å². The lowest BCUT2D eigenvalue weighted by Crippen LogP contribution is -2.13. The molecule has 4 heteroatoms. The molecule has 1 atom stereocenters. The van der Waals surface area contributed by atoms with E-state index in [-0.39, 0.29) is 6.04 Å². The molecule has 1 aromatic carbocycles. The summed E-state index contributed by atoms with van der Waals surface area (Å²) >= 11 is 1.79. The normalized spacial score (nSPS) is 12.5. The Bertz CT molecular complexity index is 685. The molecule has 3 N–H and O–H groups in total. The molecule has 0 fully saturated rings. The number of hydrogen-bond acceptors (Lipinski definition) is 3. The summed E-state index contributed by atoms with van der Waals surface area (Å²) in [5, 5.41) is 0. The van der Waals surface area contributed by atoms with Crippen molar-refractivity contribution in [2.24, 2.45) is 5.73 Å². The predicted octanol–water partition coefficient (Wildman–Crippen LogP) is 3.75. The Labute approximate surface area is 122 Å². The monoisotopic (exact) mass is 283 g/mol. The topological polar surface area (TPSA) is 54.7 Å². The van der Waals surface area contributed by atoms with Crippen molar-refractivity contribution < 1.29 is 0 Å². The summed E-state index contributed by atoms with van der Waals surface area (Å²) in [5.74, 6) is 0.803. The maximum Gasteiger partial charge on any atom is 0.128 e. The van der Waals surface area contributed by atoms with Crippen LogP contribution in [-0.2, 0) is 6.42 Å². The minimum atomic E-state index is -0.212. The first-order valence-electron chi connectivity index (χ1n) is 6.72. The lowest BCUT2D eigenvalue weighted by atomic mass is 10.1. The number of rotatable bonds is 4. The fourth-order valence-electron chi connectivity index (χ4n) is 2.15. The second-order valence-electron chi connectivity index (χ2n) is 4.69. The summed E-state index contributed by atoms with van der Waals surface area (Å²) in [6, 6.07) is 14.1. The minimum Gasteiger partial charge on any atom is -0.340 e. The highest BCUT2D eigenvalue weighted by Crippen LogP contribution is 2.28. The van der Waals surface area contributed by atoms with Crippen LogP contribution in [0.3, 0.4) is 0 Å². The van der Waals surface area contributed by atoms with Crippen LogP contribution in [-0.4, -0.2) is 9.97 Å². The molecule has 0 aliphatic carbocycles. The molecule has 0 bridgehead atoms. The number of aryl methyl sites for hydroxylation is 1. The number of benzene rings is 1. The number of nitrogens with zero attached hydrogens (tertiary/aromatic N) is 1. The molecule has 0 radical (unpaired) electrons. The highest BCUT2D eigenvalue weighted by Gasteiger charge is 2.13. The van der Waals surface area contributed by atoms with Gasteiger partial charge in [-0.2, -0.15) is 0 Å². The van der Waals surface area contributed by atoms with Crippen molar-refractivity contribution in [1.29, 1.82) is 0 Å². The number of H-pyrrole nitrogens is 1. The van der Waals surface area contributed by atoms with Crippen LogP contribution < -0.4 is 5.73 Å². The second kappa shape index (κ2) is 5.61. The van der Waals surface area contributed by atoms with Gasteiger partial charge in [0, 0.05) is 4.88 Å². The lowest BCUT2D eigenvalue weighted by molar-refractivity contribution is 0.801. The zero-order valence-electron chi connectivity index (χ0n) is 11.3. The second-order valence-corrected chi connectivity index (χ2v) is 5.86. The first kappa shape index (κ1) is 13.1. The highest BCUT2D eigenvalue weighted by molar-refractivity contribution is 7.15. The molecule has 2 heterocycles. The highest BCUT2D eigenvalue weighted by atomic mass is 32.1. The van der Waals surface area contributed by atoms with Gasteiger partial charge in [-0.25, -0.2) is 4.98 Å². The first-order chi connectivity index (χ1) is 9.78. The van der Waals surface area contributed by atoms with E-state index in [4.69, 9.17) is 5.73 Å². The molecule has 0 aliphatic heterocycles. The van der Waals surface area contributed by atoms with Crippen LogP contribution in [0.4, 0.5) is 0 Å². The van der Waals surface area contributed by atoms with E-state index >= 15 is 0 Å².